The van der Waals surface area contributed by atoms with Crippen molar-refractivity contribution in [3.63, 3.8) is 0 Å². The Bertz CT molecular complexity index is 448. The summed E-state index contributed by atoms with van der Waals surface area (Å²) in [5.41, 5.74) is 2.36. The second kappa shape index (κ2) is 6.00. The average Bonchev–Trinajstić information content (AvgIpc) is 2.29. The molecule has 4 nitrogen and oxygen atoms in total. The highest BCUT2D eigenvalue weighted by molar-refractivity contribution is 5.94. The first-order chi connectivity index (χ1) is 8.08. The van der Waals surface area contributed by atoms with E-state index in [0.717, 1.165) is 17.8 Å². The summed E-state index contributed by atoms with van der Waals surface area (Å²) in [5.74, 6) is -0.830. The highest BCUT2D eigenvalue weighted by atomic mass is 16.1. The molecule has 1 aromatic heterocycles. The van der Waals surface area contributed by atoms with Crippen molar-refractivity contribution in [2.45, 2.75) is 33.6 Å². The predicted octanol–water partition coefficient (Wildman–Crippen LogP) is 2.58. The van der Waals surface area contributed by atoms with Gasteiger partial charge in [-0.2, -0.15) is 5.26 Å². The highest BCUT2D eigenvalue weighted by Gasteiger charge is 2.17. The third kappa shape index (κ3) is 3.56. The fourth-order valence-electron chi connectivity index (χ4n) is 1.58. The molecule has 0 aliphatic heterocycles. The third-order valence-corrected chi connectivity index (χ3v) is 2.53. The van der Waals surface area contributed by atoms with Gasteiger partial charge >= 0.3 is 0 Å². The molecule has 0 saturated heterocycles. The fourth-order valence-corrected chi connectivity index (χ4v) is 1.58. The van der Waals surface area contributed by atoms with Crippen molar-refractivity contribution in [2.24, 2.45) is 5.92 Å². The Morgan fingerprint density at radius 3 is 2.76 bits per heavy atom. The van der Waals surface area contributed by atoms with Crippen LogP contribution in [0.3, 0.4) is 0 Å². The van der Waals surface area contributed by atoms with Gasteiger partial charge in [-0.3, -0.25) is 9.78 Å². The van der Waals surface area contributed by atoms with E-state index in [1.54, 1.807) is 0 Å². The second-order valence-corrected chi connectivity index (χ2v) is 4.05. The van der Waals surface area contributed by atoms with Crippen LogP contribution in [0.5, 0.6) is 0 Å². The van der Waals surface area contributed by atoms with Gasteiger partial charge in [-0.15, -0.1) is 0 Å². The number of carbonyl (C=O) groups is 1. The topological polar surface area (TPSA) is 65.8 Å². The maximum absolute atomic E-state index is 11.8. The summed E-state index contributed by atoms with van der Waals surface area (Å²) in [4.78, 5) is 16.1. The zero-order valence-corrected chi connectivity index (χ0v) is 10.4. The summed E-state index contributed by atoms with van der Waals surface area (Å²) in [6.45, 7) is 5.69. The summed E-state index contributed by atoms with van der Waals surface area (Å²) < 4.78 is 0. The van der Waals surface area contributed by atoms with Gasteiger partial charge < -0.3 is 5.32 Å². The summed E-state index contributed by atoms with van der Waals surface area (Å²) in [6, 6.07) is 5.67. The van der Waals surface area contributed by atoms with Crippen LogP contribution in [-0.2, 0) is 4.79 Å². The third-order valence-electron chi connectivity index (χ3n) is 2.53. The number of hydrogen-bond donors (Lipinski definition) is 1. The van der Waals surface area contributed by atoms with E-state index in [1.165, 1.54) is 0 Å². The number of nitriles is 1. The van der Waals surface area contributed by atoms with Crippen LogP contribution in [-0.4, -0.2) is 10.9 Å². The largest absolute Gasteiger partial charge is 0.323 e. The average molecular weight is 231 g/mol. The molecule has 0 bridgehead atoms. The molecule has 90 valence electrons. The number of nitrogens with zero attached hydrogens (tertiary/aromatic N) is 2. The number of amides is 1. The molecule has 0 fully saturated rings. The molecular weight excluding hydrogens is 214 g/mol. The van der Waals surface area contributed by atoms with Gasteiger partial charge in [-0.05, 0) is 32.4 Å². The molecule has 17 heavy (non-hydrogen) atoms. The minimum Gasteiger partial charge on any atom is -0.323 e. The Kier molecular flexibility index (Phi) is 4.65. The van der Waals surface area contributed by atoms with Crippen LogP contribution >= 0.6 is 0 Å². The number of pyridine rings is 1. The van der Waals surface area contributed by atoms with Crippen molar-refractivity contribution in [1.82, 2.24) is 4.98 Å². The number of hydrogen-bond acceptors (Lipinski definition) is 3. The Hall–Kier alpha value is -1.89. The number of aryl methyl sites for hydroxylation is 2. The number of aromatic nitrogens is 1. The minimum absolute atomic E-state index is 0.247. The zero-order valence-electron chi connectivity index (χ0n) is 10.4. The lowest BCUT2D eigenvalue weighted by atomic mass is 10.0. The molecule has 1 atom stereocenters. The lowest BCUT2D eigenvalue weighted by molar-refractivity contribution is -0.118. The second-order valence-electron chi connectivity index (χ2n) is 4.05. The van der Waals surface area contributed by atoms with Gasteiger partial charge in [0.2, 0.25) is 5.91 Å². The van der Waals surface area contributed by atoms with Crippen LogP contribution in [0.15, 0.2) is 12.1 Å². The normalized spacial score (nSPS) is 11.6. The molecule has 0 radical (unpaired) electrons. The lowest BCUT2D eigenvalue weighted by Crippen LogP contribution is -2.22. The van der Waals surface area contributed by atoms with Crippen molar-refractivity contribution in [1.29, 1.82) is 5.26 Å². The predicted molar refractivity (Wildman–Crippen MR) is 66.4 cm³/mol. The van der Waals surface area contributed by atoms with Crippen LogP contribution in [0.1, 0.15) is 31.2 Å². The Balaban J connectivity index is 2.77. The molecule has 0 aromatic carbocycles. The van der Waals surface area contributed by atoms with Gasteiger partial charge in [-0.1, -0.05) is 13.3 Å². The molecule has 0 saturated carbocycles. The Morgan fingerprint density at radius 2 is 2.24 bits per heavy atom. The van der Waals surface area contributed by atoms with E-state index in [0.29, 0.717) is 12.1 Å². The van der Waals surface area contributed by atoms with Crippen molar-refractivity contribution in [3.8, 4) is 6.07 Å². The van der Waals surface area contributed by atoms with E-state index in [1.807, 2.05) is 39.0 Å². The van der Waals surface area contributed by atoms with Crippen LogP contribution in [0.25, 0.3) is 0 Å². The molecule has 1 N–H and O–H groups in total. The molecule has 1 rings (SSSR count). The molecule has 1 aromatic rings. The minimum atomic E-state index is -0.583. The van der Waals surface area contributed by atoms with Crippen LogP contribution in [0, 0.1) is 31.1 Å². The first kappa shape index (κ1) is 13.2. The molecule has 1 unspecified atom stereocenters. The van der Waals surface area contributed by atoms with Crippen LogP contribution in [0.4, 0.5) is 5.69 Å². The quantitative estimate of drug-likeness (QED) is 0.866. The van der Waals surface area contributed by atoms with Crippen molar-refractivity contribution >= 4 is 11.6 Å². The Morgan fingerprint density at radius 1 is 1.53 bits per heavy atom. The van der Waals surface area contributed by atoms with Crippen molar-refractivity contribution < 1.29 is 4.79 Å². The van der Waals surface area contributed by atoms with Crippen LogP contribution in [0.2, 0.25) is 0 Å². The van der Waals surface area contributed by atoms with Gasteiger partial charge in [0.25, 0.3) is 0 Å². The highest BCUT2D eigenvalue weighted by Crippen LogP contribution is 2.15. The van der Waals surface area contributed by atoms with Gasteiger partial charge in [-0.25, -0.2) is 0 Å². The molecule has 4 heteroatoms. The zero-order chi connectivity index (χ0) is 12.8. The molecule has 1 amide bonds. The van der Waals surface area contributed by atoms with E-state index < -0.39 is 5.92 Å². The maximum atomic E-state index is 11.8. The van der Waals surface area contributed by atoms with Crippen LogP contribution < -0.4 is 5.32 Å². The van der Waals surface area contributed by atoms with E-state index in [9.17, 15) is 4.79 Å². The Labute approximate surface area is 102 Å². The molecule has 0 aliphatic rings. The smallest absolute Gasteiger partial charge is 0.241 e. The van der Waals surface area contributed by atoms with Crippen molar-refractivity contribution in [3.05, 3.63) is 23.5 Å². The summed E-state index contributed by atoms with van der Waals surface area (Å²) in [5, 5.41) is 11.6. The lowest BCUT2D eigenvalue weighted by Gasteiger charge is -2.11. The number of carbonyl (C=O) groups excluding carboxylic acids is 1. The summed E-state index contributed by atoms with van der Waals surface area (Å²) in [6.07, 6.45) is 1.40. The number of anilines is 1. The van der Waals surface area contributed by atoms with E-state index in [4.69, 9.17) is 5.26 Å². The molecular formula is C13H17N3O. The standard InChI is InChI=1S/C13H17N3O/c1-4-5-11(8-14)13(17)16-12-7-6-9(2)15-10(12)3/h6-7,11H,4-5H2,1-3H3,(H,16,17). The molecule has 0 aliphatic carbocycles. The van der Waals surface area contributed by atoms with E-state index >= 15 is 0 Å². The van der Waals surface area contributed by atoms with Gasteiger partial charge in [0.05, 0.1) is 17.5 Å². The molecule has 1 heterocycles. The number of rotatable bonds is 4. The van der Waals surface area contributed by atoms with E-state index in [2.05, 4.69) is 10.3 Å². The summed E-state index contributed by atoms with van der Waals surface area (Å²) in [7, 11) is 0. The first-order valence-corrected chi connectivity index (χ1v) is 5.73. The molecule has 0 spiro atoms. The SMILES string of the molecule is CCCC(C#N)C(=O)Nc1ccc(C)nc1C. The van der Waals surface area contributed by atoms with E-state index in [-0.39, 0.29) is 5.91 Å². The van der Waals surface area contributed by atoms with Gasteiger partial charge in [0, 0.05) is 5.69 Å². The fraction of sp³-hybridized carbons (Fsp3) is 0.462. The number of nitrogens with one attached hydrogen (secondary N) is 1. The first-order valence-electron chi connectivity index (χ1n) is 5.73. The van der Waals surface area contributed by atoms with Crippen molar-refractivity contribution in [2.75, 3.05) is 5.32 Å². The maximum Gasteiger partial charge on any atom is 0.241 e. The summed E-state index contributed by atoms with van der Waals surface area (Å²) >= 11 is 0. The van der Waals surface area contributed by atoms with Gasteiger partial charge in [0.1, 0.15) is 5.92 Å². The van der Waals surface area contributed by atoms with Gasteiger partial charge in [0.15, 0.2) is 0 Å². The monoisotopic (exact) mass is 231 g/mol.